The highest BCUT2D eigenvalue weighted by atomic mass is 19.1. The Kier molecular flexibility index (Phi) is 4.38. The van der Waals surface area contributed by atoms with Crippen LogP contribution < -0.4 is 5.32 Å². The average Bonchev–Trinajstić information content (AvgIpc) is 3.27. The second-order valence-electron chi connectivity index (χ2n) is 6.78. The fourth-order valence-corrected chi connectivity index (χ4v) is 3.06. The van der Waals surface area contributed by atoms with Gasteiger partial charge in [-0.2, -0.15) is 5.10 Å². The van der Waals surface area contributed by atoms with E-state index in [0.717, 1.165) is 11.0 Å². The Bertz CT molecular complexity index is 1180. The van der Waals surface area contributed by atoms with Crippen molar-refractivity contribution in [2.45, 2.75) is 26.8 Å². The number of halogens is 1. The molecule has 3 aromatic heterocycles. The minimum Gasteiger partial charge on any atom is -0.322 e. The van der Waals surface area contributed by atoms with Crippen LogP contribution in [-0.2, 0) is 0 Å². The van der Waals surface area contributed by atoms with Crippen molar-refractivity contribution >= 4 is 22.6 Å². The number of amides is 1. The van der Waals surface area contributed by atoms with E-state index in [0.29, 0.717) is 22.8 Å². The fourth-order valence-electron chi connectivity index (χ4n) is 3.06. The van der Waals surface area contributed by atoms with Gasteiger partial charge in [-0.3, -0.25) is 4.79 Å². The topological polar surface area (TPSA) is 77.6 Å². The molecule has 1 amide bonds. The van der Waals surface area contributed by atoms with Crippen LogP contribution in [0, 0.1) is 12.7 Å². The molecular formula is C20H19FN6O. The summed E-state index contributed by atoms with van der Waals surface area (Å²) in [6, 6.07) is 6.44. The van der Waals surface area contributed by atoms with Crippen molar-refractivity contribution < 1.29 is 9.18 Å². The third kappa shape index (κ3) is 3.13. The molecule has 0 spiro atoms. The van der Waals surface area contributed by atoms with Crippen molar-refractivity contribution in [1.29, 1.82) is 0 Å². The molecule has 0 atom stereocenters. The number of carbonyl (C=O) groups excluding carboxylic acids is 1. The number of pyridine rings is 1. The van der Waals surface area contributed by atoms with Gasteiger partial charge in [-0.15, -0.1) is 0 Å². The molecular weight excluding hydrogens is 359 g/mol. The van der Waals surface area contributed by atoms with E-state index in [1.54, 1.807) is 53.0 Å². The molecule has 0 aliphatic carbocycles. The van der Waals surface area contributed by atoms with Gasteiger partial charge in [-0.05, 0) is 45.0 Å². The zero-order chi connectivity index (χ0) is 19.8. The molecule has 142 valence electrons. The lowest BCUT2D eigenvalue weighted by Crippen LogP contribution is -2.13. The first-order valence-corrected chi connectivity index (χ1v) is 8.88. The Labute approximate surface area is 160 Å². The molecule has 0 aliphatic rings. The summed E-state index contributed by atoms with van der Waals surface area (Å²) in [6.45, 7) is 5.82. The largest absolute Gasteiger partial charge is 0.322 e. The van der Waals surface area contributed by atoms with Crippen LogP contribution in [-0.4, -0.2) is 30.2 Å². The highest BCUT2D eigenvalue weighted by molar-refractivity contribution is 6.05. The molecule has 4 aromatic rings. The molecule has 0 saturated carbocycles. The number of carbonyl (C=O) groups is 1. The van der Waals surface area contributed by atoms with Crippen LogP contribution >= 0.6 is 0 Å². The second-order valence-corrected chi connectivity index (χ2v) is 6.78. The van der Waals surface area contributed by atoms with Gasteiger partial charge in [0.15, 0.2) is 5.65 Å². The van der Waals surface area contributed by atoms with Crippen LogP contribution in [0.5, 0.6) is 0 Å². The molecule has 28 heavy (non-hydrogen) atoms. The van der Waals surface area contributed by atoms with Gasteiger partial charge in [0.2, 0.25) is 0 Å². The number of rotatable bonds is 4. The monoisotopic (exact) mass is 378 g/mol. The van der Waals surface area contributed by atoms with E-state index in [1.807, 2.05) is 13.8 Å². The Morgan fingerprint density at radius 3 is 2.68 bits per heavy atom. The third-order valence-electron chi connectivity index (χ3n) is 4.48. The van der Waals surface area contributed by atoms with Gasteiger partial charge >= 0.3 is 0 Å². The first kappa shape index (κ1) is 17.8. The van der Waals surface area contributed by atoms with Gasteiger partial charge in [0.05, 0.1) is 17.4 Å². The number of hydrogen-bond donors (Lipinski definition) is 1. The third-order valence-corrected chi connectivity index (χ3v) is 4.48. The van der Waals surface area contributed by atoms with Gasteiger partial charge in [-0.25, -0.2) is 19.0 Å². The fraction of sp³-hybridized carbons (Fsp3) is 0.200. The predicted molar refractivity (Wildman–Crippen MR) is 104 cm³/mol. The molecule has 0 aliphatic heterocycles. The van der Waals surface area contributed by atoms with Crippen molar-refractivity contribution in [3.8, 4) is 5.69 Å². The van der Waals surface area contributed by atoms with Crippen molar-refractivity contribution in [2.24, 2.45) is 0 Å². The lowest BCUT2D eigenvalue weighted by Gasteiger charge is -2.10. The summed E-state index contributed by atoms with van der Waals surface area (Å²) in [5.41, 5.74) is 1.84. The Balaban J connectivity index is 1.57. The number of aryl methyl sites for hydroxylation is 1. The van der Waals surface area contributed by atoms with Crippen LogP contribution in [0.3, 0.4) is 0 Å². The maximum absolute atomic E-state index is 14.5. The van der Waals surface area contributed by atoms with Crippen LogP contribution in [0.2, 0.25) is 0 Å². The lowest BCUT2D eigenvalue weighted by atomic mass is 10.2. The van der Waals surface area contributed by atoms with Crippen LogP contribution in [0.25, 0.3) is 16.7 Å². The number of nitrogens with one attached hydrogen (secondary N) is 1. The van der Waals surface area contributed by atoms with Gasteiger partial charge in [-0.1, -0.05) is 0 Å². The first-order valence-electron chi connectivity index (χ1n) is 8.88. The Hall–Kier alpha value is -3.55. The Morgan fingerprint density at radius 1 is 1.18 bits per heavy atom. The maximum Gasteiger partial charge on any atom is 0.257 e. The Morgan fingerprint density at radius 2 is 2.00 bits per heavy atom. The van der Waals surface area contributed by atoms with Crippen molar-refractivity contribution in [2.75, 3.05) is 5.32 Å². The number of aromatic nitrogens is 5. The van der Waals surface area contributed by atoms with Crippen LogP contribution in [0.4, 0.5) is 10.1 Å². The van der Waals surface area contributed by atoms with Gasteiger partial charge in [0.1, 0.15) is 11.6 Å². The summed E-state index contributed by atoms with van der Waals surface area (Å²) >= 11 is 0. The van der Waals surface area contributed by atoms with Crippen molar-refractivity contribution in [3.05, 3.63) is 66.3 Å². The molecule has 1 N–H and O–H groups in total. The SMILES string of the molecule is Cc1nccn1-c1ccc(NC(=O)c2cnc3c(cnn3C(C)C)c2)cc1F. The van der Waals surface area contributed by atoms with E-state index >= 15 is 0 Å². The quantitative estimate of drug-likeness (QED) is 0.584. The number of anilines is 1. The minimum atomic E-state index is -0.453. The average molecular weight is 378 g/mol. The molecule has 0 unspecified atom stereocenters. The highest BCUT2D eigenvalue weighted by Gasteiger charge is 2.13. The van der Waals surface area contributed by atoms with Crippen molar-refractivity contribution in [3.63, 3.8) is 0 Å². The summed E-state index contributed by atoms with van der Waals surface area (Å²) in [6.07, 6.45) is 6.47. The van der Waals surface area contributed by atoms with E-state index in [1.165, 1.54) is 12.3 Å². The number of hydrogen-bond acceptors (Lipinski definition) is 4. The highest BCUT2D eigenvalue weighted by Crippen LogP contribution is 2.21. The van der Waals surface area contributed by atoms with E-state index in [2.05, 4.69) is 20.4 Å². The standard InChI is InChI=1S/C20H19FN6O/c1-12(2)27-19-14(11-24-27)8-15(10-23-19)20(28)25-16-4-5-18(17(21)9-16)26-7-6-22-13(26)3/h4-12H,1-3H3,(H,25,28). The second kappa shape index (κ2) is 6.88. The number of benzene rings is 1. The molecule has 0 radical (unpaired) electrons. The maximum atomic E-state index is 14.5. The first-order chi connectivity index (χ1) is 13.4. The summed E-state index contributed by atoms with van der Waals surface area (Å²) in [5.74, 6) is -0.139. The van der Waals surface area contributed by atoms with Crippen LogP contribution in [0.1, 0.15) is 36.1 Å². The van der Waals surface area contributed by atoms with Crippen molar-refractivity contribution in [1.82, 2.24) is 24.3 Å². The van der Waals surface area contributed by atoms with Gasteiger partial charge in [0.25, 0.3) is 5.91 Å². The molecule has 7 nitrogen and oxygen atoms in total. The zero-order valence-corrected chi connectivity index (χ0v) is 15.7. The molecule has 8 heteroatoms. The van der Waals surface area contributed by atoms with Gasteiger partial charge in [0, 0.05) is 35.7 Å². The van der Waals surface area contributed by atoms with Gasteiger partial charge < -0.3 is 9.88 Å². The summed E-state index contributed by atoms with van der Waals surface area (Å²) in [4.78, 5) is 21.0. The summed E-state index contributed by atoms with van der Waals surface area (Å²) in [5, 5.41) is 7.78. The number of imidazole rings is 1. The summed E-state index contributed by atoms with van der Waals surface area (Å²) in [7, 11) is 0. The predicted octanol–water partition coefficient (Wildman–Crippen LogP) is 3.90. The van der Waals surface area contributed by atoms with E-state index < -0.39 is 5.82 Å². The minimum absolute atomic E-state index is 0.172. The number of fused-ring (bicyclic) bond motifs is 1. The lowest BCUT2D eigenvalue weighted by molar-refractivity contribution is 0.102. The molecule has 0 bridgehead atoms. The molecule has 3 heterocycles. The smallest absolute Gasteiger partial charge is 0.257 e. The number of nitrogens with zero attached hydrogens (tertiary/aromatic N) is 5. The molecule has 0 saturated heterocycles. The molecule has 1 aromatic carbocycles. The van der Waals surface area contributed by atoms with Crippen LogP contribution in [0.15, 0.2) is 49.1 Å². The van der Waals surface area contributed by atoms with E-state index in [-0.39, 0.29) is 11.9 Å². The molecule has 0 fully saturated rings. The van der Waals surface area contributed by atoms with E-state index in [9.17, 15) is 9.18 Å². The summed E-state index contributed by atoms with van der Waals surface area (Å²) < 4.78 is 17.9. The molecule has 4 rings (SSSR count). The van der Waals surface area contributed by atoms with E-state index in [4.69, 9.17) is 0 Å². The zero-order valence-electron chi connectivity index (χ0n) is 15.7. The normalized spacial score (nSPS) is 11.3.